The predicted octanol–water partition coefficient (Wildman–Crippen LogP) is 2.80. The predicted molar refractivity (Wildman–Crippen MR) is 100.0 cm³/mol. The third-order valence-corrected chi connectivity index (χ3v) is 4.01. The van der Waals surface area contributed by atoms with Crippen molar-refractivity contribution < 1.29 is 14.3 Å². The van der Waals surface area contributed by atoms with Gasteiger partial charge in [0.05, 0.1) is 6.61 Å². The molecule has 1 fully saturated rings. The molecular formula is C19H24N4O3. The molecule has 1 aromatic carbocycles. The number of ether oxygens (including phenoxy) is 2. The zero-order valence-corrected chi connectivity index (χ0v) is 15.2. The maximum Gasteiger partial charge on any atom is 0.262 e. The van der Waals surface area contributed by atoms with Gasteiger partial charge >= 0.3 is 0 Å². The van der Waals surface area contributed by atoms with E-state index in [-0.39, 0.29) is 12.5 Å². The van der Waals surface area contributed by atoms with Crippen molar-refractivity contribution in [2.75, 3.05) is 36.5 Å². The van der Waals surface area contributed by atoms with Gasteiger partial charge in [0, 0.05) is 30.5 Å². The summed E-state index contributed by atoms with van der Waals surface area (Å²) in [6.07, 6.45) is 2.30. The molecule has 0 spiro atoms. The number of anilines is 2. The largest absolute Gasteiger partial charge is 0.494 e. The molecule has 138 valence electrons. The van der Waals surface area contributed by atoms with E-state index in [1.807, 2.05) is 26.0 Å². The summed E-state index contributed by atoms with van der Waals surface area (Å²) in [4.78, 5) is 23.1. The molecule has 1 amide bonds. The maximum atomic E-state index is 12.1. The number of aryl methyl sites for hydroxylation is 1. The van der Waals surface area contributed by atoms with Crippen LogP contribution in [0.5, 0.6) is 11.6 Å². The number of carbonyl (C=O) groups excluding carboxylic acids is 1. The molecule has 1 aliphatic heterocycles. The molecule has 1 saturated heterocycles. The van der Waals surface area contributed by atoms with Gasteiger partial charge in [-0.15, -0.1) is 0 Å². The molecule has 1 aromatic heterocycles. The molecular weight excluding hydrogens is 332 g/mol. The van der Waals surface area contributed by atoms with E-state index < -0.39 is 0 Å². The van der Waals surface area contributed by atoms with E-state index >= 15 is 0 Å². The monoisotopic (exact) mass is 356 g/mol. The SMILES string of the molecule is CCOc1ccc(NC(=O)COc2cc(C)nc(N3CCCC3)n2)cc1. The third kappa shape index (κ3) is 4.84. The number of hydrogen-bond donors (Lipinski definition) is 1. The zero-order chi connectivity index (χ0) is 18.4. The summed E-state index contributed by atoms with van der Waals surface area (Å²) < 4.78 is 10.9. The topological polar surface area (TPSA) is 76.6 Å². The second-order valence-electron chi connectivity index (χ2n) is 6.14. The first-order valence-corrected chi connectivity index (χ1v) is 8.90. The van der Waals surface area contributed by atoms with Crippen LogP contribution in [0.1, 0.15) is 25.5 Å². The van der Waals surface area contributed by atoms with Gasteiger partial charge in [-0.3, -0.25) is 4.79 Å². The number of benzene rings is 1. The normalized spacial score (nSPS) is 13.5. The second kappa shape index (κ2) is 8.51. The first-order valence-electron chi connectivity index (χ1n) is 8.90. The molecule has 0 unspecified atom stereocenters. The third-order valence-electron chi connectivity index (χ3n) is 4.01. The van der Waals surface area contributed by atoms with Crippen LogP contribution in [0.2, 0.25) is 0 Å². The Labute approximate surface area is 153 Å². The first-order chi connectivity index (χ1) is 12.6. The van der Waals surface area contributed by atoms with Gasteiger partial charge in [-0.05, 0) is 51.0 Å². The van der Waals surface area contributed by atoms with Crippen LogP contribution in [-0.4, -0.2) is 42.2 Å². The highest BCUT2D eigenvalue weighted by molar-refractivity contribution is 5.91. The number of nitrogens with one attached hydrogen (secondary N) is 1. The van der Waals surface area contributed by atoms with E-state index in [0.29, 0.717) is 24.1 Å². The number of carbonyl (C=O) groups is 1. The molecule has 0 saturated carbocycles. The van der Waals surface area contributed by atoms with Crippen LogP contribution >= 0.6 is 0 Å². The van der Waals surface area contributed by atoms with E-state index in [1.54, 1.807) is 18.2 Å². The molecule has 7 nitrogen and oxygen atoms in total. The standard InChI is InChI=1S/C19H24N4O3/c1-3-25-16-8-6-15(7-9-16)21-17(24)13-26-18-12-14(2)20-19(22-18)23-10-4-5-11-23/h6-9,12H,3-5,10-11,13H2,1-2H3,(H,21,24). The van der Waals surface area contributed by atoms with Gasteiger partial charge in [-0.25, -0.2) is 4.98 Å². The smallest absolute Gasteiger partial charge is 0.262 e. The Kier molecular flexibility index (Phi) is 5.88. The molecule has 0 aliphatic carbocycles. The van der Waals surface area contributed by atoms with Gasteiger partial charge in [0.15, 0.2) is 6.61 Å². The van der Waals surface area contributed by atoms with Crippen molar-refractivity contribution in [3.8, 4) is 11.6 Å². The summed E-state index contributed by atoms with van der Waals surface area (Å²) in [5, 5.41) is 2.79. The summed E-state index contributed by atoms with van der Waals surface area (Å²) in [5.41, 5.74) is 1.52. The Bertz CT molecular complexity index is 743. The summed E-state index contributed by atoms with van der Waals surface area (Å²) >= 11 is 0. The highest BCUT2D eigenvalue weighted by Gasteiger charge is 2.16. The van der Waals surface area contributed by atoms with Crippen molar-refractivity contribution >= 4 is 17.5 Å². The Morgan fingerprint density at radius 3 is 2.58 bits per heavy atom. The van der Waals surface area contributed by atoms with Gasteiger partial charge in [0.2, 0.25) is 11.8 Å². The molecule has 0 radical (unpaired) electrons. The second-order valence-corrected chi connectivity index (χ2v) is 6.14. The van der Waals surface area contributed by atoms with Crippen LogP contribution in [-0.2, 0) is 4.79 Å². The number of aromatic nitrogens is 2. The zero-order valence-electron chi connectivity index (χ0n) is 15.2. The molecule has 0 bridgehead atoms. The highest BCUT2D eigenvalue weighted by Crippen LogP contribution is 2.20. The fourth-order valence-electron chi connectivity index (χ4n) is 2.79. The summed E-state index contributed by atoms with van der Waals surface area (Å²) in [6, 6.07) is 8.96. The average molecular weight is 356 g/mol. The Morgan fingerprint density at radius 2 is 1.88 bits per heavy atom. The molecule has 2 heterocycles. The number of rotatable bonds is 7. The molecule has 7 heteroatoms. The maximum absolute atomic E-state index is 12.1. The minimum absolute atomic E-state index is 0.108. The lowest BCUT2D eigenvalue weighted by Gasteiger charge is -2.16. The number of nitrogens with zero attached hydrogens (tertiary/aromatic N) is 3. The average Bonchev–Trinajstić information content (AvgIpc) is 3.16. The fourth-order valence-corrected chi connectivity index (χ4v) is 2.79. The van der Waals surface area contributed by atoms with E-state index in [4.69, 9.17) is 9.47 Å². The minimum Gasteiger partial charge on any atom is -0.494 e. The molecule has 2 aromatic rings. The van der Waals surface area contributed by atoms with Crippen LogP contribution in [0.4, 0.5) is 11.6 Å². The molecule has 26 heavy (non-hydrogen) atoms. The summed E-state index contributed by atoms with van der Waals surface area (Å²) in [5.74, 6) is 1.62. The lowest BCUT2D eigenvalue weighted by molar-refractivity contribution is -0.118. The lowest BCUT2D eigenvalue weighted by atomic mass is 10.3. The van der Waals surface area contributed by atoms with Crippen molar-refractivity contribution in [3.63, 3.8) is 0 Å². The minimum atomic E-state index is -0.242. The Balaban J connectivity index is 1.55. The van der Waals surface area contributed by atoms with E-state index in [1.165, 1.54) is 0 Å². The van der Waals surface area contributed by atoms with Gasteiger partial charge in [0.1, 0.15) is 5.75 Å². The van der Waals surface area contributed by atoms with E-state index in [0.717, 1.165) is 37.4 Å². The van der Waals surface area contributed by atoms with E-state index in [2.05, 4.69) is 20.2 Å². The Morgan fingerprint density at radius 1 is 1.15 bits per heavy atom. The Hall–Kier alpha value is -2.83. The number of amides is 1. The van der Waals surface area contributed by atoms with Gasteiger partial charge in [0.25, 0.3) is 5.91 Å². The number of hydrogen-bond acceptors (Lipinski definition) is 6. The van der Waals surface area contributed by atoms with Crippen LogP contribution in [0.25, 0.3) is 0 Å². The van der Waals surface area contributed by atoms with Crippen LogP contribution in [0.3, 0.4) is 0 Å². The van der Waals surface area contributed by atoms with Crippen molar-refractivity contribution in [2.24, 2.45) is 0 Å². The van der Waals surface area contributed by atoms with E-state index in [9.17, 15) is 4.79 Å². The van der Waals surface area contributed by atoms with Crippen molar-refractivity contribution in [1.29, 1.82) is 0 Å². The van der Waals surface area contributed by atoms with Gasteiger partial charge in [-0.2, -0.15) is 4.98 Å². The molecule has 3 rings (SSSR count). The lowest BCUT2D eigenvalue weighted by Crippen LogP contribution is -2.23. The van der Waals surface area contributed by atoms with Gasteiger partial charge < -0.3 is 19.7 Å². The van der Waals surface area contributed by atoms with Crippen LogP contribution in [0.15, 0.2) is 30.3 Å². The molecule has 1 N–H and O–H groups in total. The quantitative estimate of drug-likeness (QED) is 0.822. The van der Waals surface area contributed by atoms with Crippen molar-refractivity contribution in [3.05, 3.63) is 36.0 Å². The fraction of sp³-hybridized carbons (Fsp3) is 0.421. The van der Waals surface area contributed by atoms with Crippen molar-refractivity contribution in [1.82, 2.24) is 9.97 Å². The van der Waals surface area contributed by atoms with Crippen molar-refractivity contribution in [2.45, 2.75) is 26.7 Å². The summed E-state index contributed by atoms with van der Waals surface area (Å²) in [6.45, 7) is 6.24. The molecule has 1 aliphatic rings. The highest BCUT2D eigenvalue weighted by atomic mass is 16.5. The molecule has 0 atom stereocenters. The van der Waals surface area contributed by atoms with Gasteiger partial charge in [-0.1, -0.05) is 0 Å². The first kappa shape index (κ1) is 18.0. The summed E-state index contributed by atoms with van der Waals surface area (Å²) in [7, 11) is 0. The van der Waals surface area contributed by atoms with Crippen LogP contribution in [0, 0.1) is 6.92 Å². The van der Waals surface area contributed by atoms with Crippen LogP contribution < -0.4 is 19.7 Å².